The number of hydrogen-bond donors (Lipinski definition) is 2. The number of nitrogens with one attached hydrogen (secondary N) is 2. The van der Waals surface area contributed by atoms with Crippen molar-refractivity contribution in [2.45, 2.75) is 26.2 Å². The van der Waals surface area contributed by atoms with Crippen LogP contribution in [-0.2, 0) is 4.79 Å². The molecule has 0 bridgehead atoms. The van der Waals surface area contributed by atoms with Gasteiger partial charge in [-0.05, 0) is 49.9 Å². The van der Waals surface area contributed by atoms with Crippen molar-refractivity contribution in [3.05, 3.63) is 24.3 Å². The zero-order valence-electron chi connectivity index (χ0n) is 16.7. The monoisotopic (exact) mass is 376 g/mol. The Morgan fingerprint density at radius 3 is 2.48 bits per heavy atom. The van der Waals surface area contributed by atoms with Crippen LogP contribution in [0.15, 0.2) is 29.3 Å². The van der Waals surface area contributed by atoms with E-state index >= 15 is 0 Å². The van der Waals surface area contributed by atoms with Crippen molar-refractivity contribution in [1.82, 2.24) is 15.5 Å². The number of carbonyl (C=O) groups is 1. The Hall–Kier alpha value is -2.44. The van der Waals surface area contributed by atoms with Crippen LogP contribution in [0.1, 0.15) is 26.2 Å². The van der Waals surface area contributed by atoms with Crippen molar-refractivity contribution in [3.8, 4) is 11.5 Å². The molecule has 1 aromatic carbocycles. The Labute approximate surface area is 162 Å². The number of likely N-dealkylation sites (tertiary alicyclic amines) is 1. The summed E-state index contributed by atoms with van der Waals surface area (Å²) in [5, 5.41) is 6.07. The number of methoxy groups -OCH3 is 1. The second-order valence-electron chi connectivity index (χ2n) is 6.57. The Balaban J connectivity index is 1.79. The number of nitrogens with zero attached hydrogens (tertiary/aromatic N) is 2. The Bertz CT molecular complexity index is 596. The van der Waals surface area contributed by atoms with Crippen LogP contribution in [0.25, 0.3) is 0 Å². The standard InChI is InChI=1S/C20H32N4O3/c1-4-22-20(24-12-9-16(10-13-24)15-19(25)21-2)23-11-14-27-18-7-5-17(26-3)6-8-18/h5-8,16H,4,9-15H2,1-3H3,(H,21,25)(H,22,23). The van der Waals surface area contributed by atoms with E-state index in [4.69, 9.17) is 14.5 Å². The summed E-state index contributed by atoms with van der Waals surface area (Å²) in [4.78, 5) is 18.5. The smallest absolute Gasteiger partial charge is 0.220 e. The minimum absolute atomic E-state index is 0.129. The number of rotatable bonds is 8. The van der Waals surface area contributed by atoms with Crippen LogP contribution in [0.5, 0.6) is 11.5 Å². The van der Waals surface area contributed by atoms with Crippen molar-refractivity contribution >= 4 is 11.9 Å². The van der Waals surface area contributed by atoms with E-state index in [2.05, 4.69) is 22.5 Å². The predicted molar refractivity (Wildman–Crippen MR) is 107 cm³/mol. The Morgan fingerprint density at radius 2 is 1.89 bits per heavy atom. The van der Waals surface area contributed by atoms with Gasteiger partial charge < -0.3 is 25.0 Å². The molecule has 2 N–H and O–H groups in total. The molecule has 1 amide bonds. The molecule has 0 saturated carbocycles. The van der Waals surface area contributed by atoms with E-state index in [0.29, 0.717) is 25.5 Å². The molecule has 0 aromatic heterocycles. The van der Waals surface area contributed by atoms with Crippen molar-refractivity contribution in [1.29, 1.82) is 0 Å². The van der Waals surface area contributed by atoms with E-state index in [-0.39, 0.29) is 5.91 Å². The molecule has 1 fully saturated rings. The van der Waals surface area contributed by atoms with E-state index in [1.165, 1.54) is 0 Å². The maximum Gasteiger partial charge on any atom is 0.220 e. The maximum atomic E-state index is 11.5. The summed E-state index contributed by atoms with van der Waals surface area (Å²) in [6.07, 6.45) is 2.65. The molecular weight excluding hydrogens is 344 g/mol. The van der Waals surface area contributed by atoms with Gasteiger partial charge in [-0.25, -0.2) is 4.99 Å². The fourth-order valence-corrected chi connectivity index (χ4v) is 3.13. The van der Waals surface area contributed by atoms with Crippen molar-refractivity contribution in [2.75, 3.05) is 46.9 Å². The lowest BCUT2D eigenvalue weighted by atomic mass is 9.93. The topological polar surface area (TPSA) is 75.2 Å². The first-order valence-electron chi connectivity index (χ1n) is 9.67. The van der Waals surface area contributed by atoms with Crippen molar-refractivity contribution in [3.63, 3.8) is 0 Å². The largest absolute Gasteiger partial charge is 0.497 e. The molecule has 0 aliphatic carbocycles. The fraction of sp³-hybridized carbons (Fsp3) is 0.600. The minimum Gasteiger partial charge on any atom is -0.497 e. The first-order chi connectivity index (χ1) is 13.2. The summed E-state index contributed by atoms with van der Waals surface area (Å²) >= 11 is 0. The van der Waals surface area contributed by atoms with Gasteiger partial charge in [0.15, 0.2) is 5.96 Å². The van der Waals surface area contributed by atoms with Crippen molar-refractivity contribution < 1.29 is 14.3 Å². The van der Waals surface area contributed by atoms with E-state index in [0.717, 1.165) is 49.9 Å². The average Bonchev–Trinajstić information content (AvgIpc) is 2.71. The van der Waals surface area contributed by atoms with Gasteiger partial charge in [0.25, 0.3) is 0 Å². The highest BCUT2D eigenvalue weighted by Gasteiger charge is 2.22. The average molecular weight is 377 g/mol. The predicted octanol–water partition coefficient (Wildman–Crippen LogP) is 1.89. The lowest BCUT2D eigenvalue weighted by Gasteiger charge is -2.34. The Morgan fingerprint density at radius 1 is 1.22 bits per heavy atom. The Kier molecular flexibility index (Phi) is 8.74. The van der Waals surface area contributed by atoms with Crippen molar-refractivity contribution in [2.24, 2.45) is 10.9 Å². The molecule has 0 spiro atoms. The van der Waals surface area contributed by atoms with Crippen LogP contribution in [0.3, 0.4) is 0 Å². The number of hydrogen-bond acceptors (Lipinski definition) is 4. The fourth-order valence-electron chi connectivity index (χ4n) is 3.13. The summed E-state index contributed by atoms with van der Waals surface area (Å²) in [6, 6.07) is 7.55. The lowest BCUT2D eigenvalue weighted by molar-refractivity contribution is -0.121. The molecule has 0 unspecified atom stereocenters. The molecule has 2 rings (SSSR count). The van der Waals surface area contributed by atoms with Crippen LogP contribution in [-0.4, -0.2) is 63.7 Å². The number of ether oxygens (including phenoxy) is 2. The van der Waals surface area contributed by atoms with Gasteiger partial charge in [0, 0.05) is 33.1 Å². The highest BCUT2D eigenvalue weighted by molar-refractivity contribution is 5.80. The summed E-state index contributed by atoms with van der Waals surface area (Å²) in [6.45, 7) is 5.86. The molecule has 27 heavy (non-hydrogen) atoms. The van der Waals surface area contributed by atoms with E-state index < -0.39 is 0 Å². The number of aliphatic imine (C=N–C) groups is 1. The molecule has 150 valence electrons. The van der Waals surface area contributed by atoms with Gasteiger partial charge in [-0.3, -0.25) is 4.79 Å². The first-order valence-corrected chi connectivity index (χ1v) is 9.67. The molecule has 1 heterocycles. The third-order valence-corrected chi connectivity index (χ3v) is 4.68. The van der Waals surface area contributed by atoms with E-state index in [1.54, 1.807) is 14.2 Å². The van der Waals surface area contributed by atoms with Gasteiger partial charge in [-0.2, -0.15) is 0 Å². The molecule has 1 aromatic rings. The van der Waals surface area contributed by atoms with Crippen LogP contribution in [0.4, 0.5) is 0 Å². The van der Waals surface area contributed by atoms with E-state index in [1.807, 2.05) is 24.3 Å². The van der Waals surface area contributed by atoms with Crippen LogP contribution >= 0.6 is 0 Å². The molecule has 7 nitrogen and oxygen atoms in total. The normalized spacial score (nSPS) is 15.4. The lowest BCUT2D eigenvalue weighted by Crippen LogP contribution is -2.46. The molecule has 1 saturated heterocycles. The second-order valence-corrected chi connectivity index (χ2v) is 6.57. The highest BCUT2D eigenvalue weighted by Crippen LogP contribution is 2.20. The highest BCUT2D eigenvalue weighted by atomic mass is 16.5. The van der Waals surface area contributed by atoms with Crippen LogP contribution < -0.4 is 20.1 Å². The zero-order valence-corrected chi connectivity index (χ0v) is 16.7. The number of benzene rings is 1. The molecule has 0 radical (unpaired) electrons. The minimum atomic E-state index is 0.129. The molecule has 7 heteroatoms. The molecule has 1 aliphatic rings. The van der Waals surface area contributed by atoms with Gasteiger partial charge in [-0.1, -0.05) is 0 Å². The number of piperidine rings is 1. The SMILES string of the molecule is CCNC(=NCCOc1ccc(OC)cc1)N1CCC(CC(=O)NC)CC1. The first kappa shape index (κ1) is 20.9. The summed E-state index contributed by atoms with van der Waals surface area (Å²) in [5.74, 6) is 3.14. The van der Waals surface area contributed by atoms with Gasteiger partial charge in [0.2, 0.25) is 5.91 Å². The molecular formula is C20H32N4O3. The van der Waals surface area contributed by atoms with Gasteiger partial charge in [0.1, 0.15) is 18.1 Å². The van der Waals surface area contributed by atoms with Gasteiger partial charge in [-0.15, -0.1) is 0 Å². The summed E-state index contributed by atoms with van der Waals surface area (Å²) in [7, 11) is 3.34. The van der Waals surface area contributed by atoms with E-state index in [9.17, 15) is 4.79 Å². The van der Waals surface area contributed by atoms with Crippen LogP contribution in [0.2, 0.25) is 0 Å². The molecule has 1 aliphatic heterocycles. The maximum absolute atomic E-state index is 11.5. The number of amides is 1. The molecule has 0 atom stereocenters. The second kappa shape index (κ2) is 11.3. The number of guanidine groups is 1. The number of carbonyl (C=O) groups excluding carboxylic acids is 1. The summed E-state index contributed by atoms with van der Waals surface area (Å²) in [5.41, 5.74) is 0. The van der Waals surface area contributed by atoms with Gasteiger partial charge >= 0.3 is 0 Å². The summed E-state index contributed by atoms with van der Waals surface area (Å²) < 4.78 is 10.9. The quantitative estimate of drug-likeness (QED) is 0.412. The third-order valence-electron chi connectivity index (χ3n) is 4.68. The third kappa shape index (κ3) is 7.00. The van der Waals surface area contributed by atoms with Gasteiger partial charge in [0.05, 0.1) is 13.7 Å². The zero-order chi connectivity index (χ0) is 19.5. The van der Waals surface area contributed by atoms with Crippen LogP contribution in [0, 0.1) is 5.92 Å².